The normalized spacial score (nSPS) is 14.6. The number of amides is 2. The number of hydrogen-bond acceptors (Lipinski definition) is 6. The number of alkyl carbamates (subject to hydrolysis) is 1. The molecule has 0 bridgehead atoms. The summed E-state index contributed by atoms with van der Waals surface area (Å²) in [7, 11) is 1.46. The molecule has 1 aliphatic carbocycles. The van der Waals surface area contributed by atoms with Gasteiger partial charge in [-0.2, -0.15) is 0 Å². The number of likely N-dealkylation sites (N-methyl/N-ethyl adjacent to an activating group) is 1. The van der Waals surface area contributed by atoms with E-state index in [1.807, 2.05) is 6.07 Å². The Kier molecular flexibility index (Phi) is 8.29. The van der Waals surface area contributed by atoms with Crippen molar-refractivity contribution in [2.75, 3.05) is 13.6 Å². The summed E-state index contributed by atoms with van der Waals surface area (Å²) in [6.07, 6.45) is -0.142. The molecule has 1 heterocycles. The zero-order valence-corrected chi connectivity index (χ0v) is 24.0. The van der Waals surface area contributed by atoms with E-state index in [2.05, 4.69) is 5.32 Å². The lowest BCUT2D eigenvalue weighted by Gasteiger charge is -2.28. The van der Waals surface area contributed by atoms with Gasteiger partial charge in [0, 0.05) is 25.8 Å². The number of fused-ring (bicyclic) bond motifs is 1. The average molecular weight is 586 g/mol. The standard InChI is InChI=1S/C30H33F2N3O7/c1-17(14-34(5)28(40)42-29(2,3)4)35-15-20(26(37)38)25(36)19-13-21(31)22(23(32)24(19)35)30(11-12-30)33-27(39)41-16-18-9-7-6-8-10-18/h6-10,13,15,17H,11-12,14,16H2,1-5H3,(H,33,39)(H,37,38). The Bertz CT molecular complexity index is 1590. The maximum atomic E-state index is 16.4. The fourth-order valence-corrected chi connectivity index (χ4v) is 4.80. The van der Waals surface area contributed by atoms with Crippen molar-refractivity contribution in [1.82, 2.24) is 14.8 Å². The molecule has 42 heavy (non-hydrogen) atoms. The number of carbonyl (C=O) groups excluding carboxylic acids is 2. The van der Waals surface area contributed by atoms with Crippen LogP contribution in [-0.2, 0) is 21.6 Å². The monoisotopic (exact) mass is 585 g/mol. The predicted octanol–water partition coefficient (Wildman–Crippen LogP) is 5.32. The van der Waals surface area contributed by atoms with Crippen LogP contribution in [0.4, 0.5) is 18.4 Å². The zero-order valence-electron chi connectivity index (χ0n) is 24.0. The smallest absolute Gasteiger partial charge is 0.410 e. The number of carbonyl (C=O) groups is 3. The Labute approximate surface area is 240 Å². The number of aromatic carboxylic acids is 1. The molecule has 1 saturated carbocycles. The Morgan fingerprint density at radius 1 is 1.17 bits per heavy atom. The number of hydrogen-bond donors (Lipinski definition) is 2. The van der Waals surface area contributed by atoms with Crippen LogP contribution in [0.15, 0.2) is 47.4 Å². The number of benzene rings is 2. The van der Waals surface area contributed by atoms with Crippen molar-refractivity contribution in [2.24, 2.45) is 0 Å². The lowest BCUT2D eigenvalue weighted by atomic mass is 9.99. The van der Waals surface area contributed by atoms with E-state index >= 15 is 8.78 Å². The first kappa shape index (κ1) is 30.5. The average Bonchev–Trinajstić information content (AvgIpc) is 3.66. The summed E-state index contributed by atoms with van der Waals surface area (Å²) in [6, 6.07) is 8.89. The van der Waals surface area contributed by atoms with Gasteiger partial charge in [0.15, 0.2) is 5.82 Å². The second-order valence-corrected chi connectivity index (χ2v) is 11.5. The van der Waals surface area contributed by atoms with Crippen molar-refractivity contribution in [2.45, 2.75) is 64.3 Å². The third-order valence-corrected chi connectivity index (χ3v) is 6.94. The Morgan fingerprint density at radius 2 is 1.81 bits per heavy atom. The fraction of sp³-hybridized carbons (Fsp3) is 0.400. The van der Waals surface area contributed by atoms with Gasteiger partial charge in [0.25, 0.3) is 0 Å². The minimum absolute atomic E-state index is 0.0500. The number of ether oxygens (including phenoxy) is 2. The molecular formula is C30H33F2N3O7. The summed E-state index contributed by atoms with van der Waals surface area (Å²) in [6.45, 7) is 6.56. The van der Waals surface area contributed by atoms with Gasteiger partial charge < -0.3 is 29.4 Å². The van der Waals surface area contributed by atoms with Gasteiger partial charge >= 0.3 is 18.2 Å². The molecular weight excluding hydrogens is 552 g/mol. The number of carboxylic acid groups (broad SMARTS) is 1. The van der Waals surface area contributed by atoms with E-state index in [1.54, 1.807) is 52.0 Å². The Balaban J connectivity index is 1.73. The number of pyridine rings is 1. The summed E-state index contributed by atoms with van der Waals surface area (Å²) in [4.78, 5) is 51.3. The van der Waals surface area contributed by atoms with Crippen LogP contribution in [0, 0.1) is 11.6 Å². The number of nitrogens with zero attached hydrogens (tertiary/aromatic N) is 2. The van der Waals surface area contributed by atoms with Crippen molar-refractivity contribution >= 4 is 29.1 Å². The molecule has 0 saturated heterocycles. The molecule has 0 spiro atoms. The maximum absolute atomic E-state index is 16.4. The van der Waals surface area contributed by atoms with Gasteiger partial charge in [-0.05, 0) is 52.2 Å². The molecule has 4 rings (SSSR count). The Hall–Kier alpha value is -4.48. The minimum Gasteiger partial charge on any atom is -0.477 e. The third kappa shape index (κ3) is 6.37. The summed E-state index contributed by atoms with van der Waals surface area (Å²) in [5.74, 6) is -3.80. The molecule has 224 valence electrons. The van der Waals surface area contributed by atoms with Gasteiger partial charge in [0.1, 0.15) is 23.6 Å². The molecule has 2 N–H and O–H groups in total. The van der Waals surface area contributed by atoms with E-state index in [9.17, 15) is 24.3 Å². The lowest BCUT2D eigenvalue weighted by molar-refractivity contribution is 0.0279. The van der Waals surface area contributed by atoms with Crippen molar-refractivity contribution in [3.05, 3.63) is 81.1 Å². The van der Waals surface area contributed by atoms with E-state index in [-0.39, 0.29) is 31.5 Å². The molecule has 2 aromatic carbocycles. The summed E-state index contributed by atoms with van der Waals surface area (Å²) in [5, 5.41) is 11.7. The molecule has 12 heteroatoms. The first-order valence-electron chi connectivity index (χ1n) is 13.4. The second kappa shape index (κ2) is 11.4. The van der Waals surface area contributed by atoms with E-state index in [0.29, 0.717) is 0 Å². The van der Waals surface area contributed by atoms with Crippen molar-refractivity contribution < 1.29 is 37.7 Å². The maximum Gasteiger partial charge on any atom is 0.410 e. The molecule has 10 nitrogen and oxygen atoms in total. The van der Waals surface area contributed by atoms with Crippen LogP contribution < -0.4 is 10.7 Å². The molecule has 3 aromatic rings. The first-order valence-corrected chi connectivity index (χ1v) is 13.4. The van der Waals surface area contributed by atoms with Crippen LogP contribution in [-0.4, -0.2) is 51.9 Å². The number of halogens is 2. The molecule has 1 fully saturated rings. The van der Waals surface area contributed by atoms with Crippen LogP contribution in [0.25, 0.3) is 10.9 Å². The molecule has 0 radical (unpaired) electrons. The van der Waals surface area contributed by atoms with Gasteiger partial charge in [0.05, 0.1) is 22.0 Å². The predicted molar refractivity (Wildman–Crippen MR) is 149 cm³/mol. The topological polar surface area (TPSA) is 127 Å². The quantitative estimate of drug-likeness (QED) is 0.366. The minimum atomic E-state index is -1.57. The number of aromatic nitrogens is 1. The highest BCUT2D eigenvalue weighted by Crippen LogP contribution is 2.48. The van der Waals surface area contributed by atoms with Crippen molar-refractivity contribution in [3.8, 4) is 0 Å². The summed E-state index contributed by atoms with van der Waals surface area (Å²) in [5.41, 5.74) is -4.03. The molecule has 1 aliphatic rings. The largest absolute Gasteiger partial charge is 0.477 e. The highest BCUT2D eigenvalue weighted by Gasteiger charge is 2.50. The van der Waals surface area contributed by atoms with Gasteiger partial charge in [-0.25, -0.2) is 23.2 Å². The molecule has 2 amide bonds. The number of nitrogens with one attached hydrogen (secondary N) is 1. The SMILES string of the molecule is CC(CN(C)C(=O)OC(C)(C)C)n1cc(C(=O)O)c(=O)c2cc(F)c(C3(NC(=O)OCc4ccccc4)CC3)c(F)c21. The second-order valence-electron chi connectivity index (χ2n) is 11.5. The van der Waals surface area contributed by atoms with E-state index in [4.69, 9.17) is 9.47 Å². The summed E-state index contributed by atoms with van der Waals surface area (Å²) < 4.78 is 43.7. The highest BCUT2D eigenvalue weighted by molar-refractivity contribution is 5.93. The van der Waals surface area contributed by atoms with Gasteiger partial charge in [-0.15, -0.1) is 0 Å². The summed E-state index contributed by atoms with van der Waals surface area (Å²) >= 11 is 0. The van der Waals surface area contributed by atoms with Gasteiger partial charge in [-0.3, -0.25) is 4.79 Å². The highest BCUT2D eigenvalue weighted by atomic mass is 19.1. The Morgan fingerprint density at radius 3 is 2.38 bits per heavy atom. The zero-order chi connectivity index (χ0) is 31.0. The van der Waals surface area contributed by atoms with Crippen LogP contribution in [0.1, 0.15) is 68.1 Å². The van der Waals surface area contributed by atoms with E-state index < -0.39 is 68.9 Å². The molecule has 1 atom stereocenters. The van der Waals surface area contributed by atoms with Crippen LogP contribution >= 0.6 is 0 Å². The van der Waals surface area contributed by atoms with Gasteiger partial charge in [-0.1, -0.05) is 30.3 Å². The van der Waals surface area contributed by atoms with E-state index in [1.165, 1.54) is 16.5 Å². The molecule has 1 unspecified atom stereocenters. The lowest BCUT2D eigenvalue weighted by Crippen LogP contribution is -2.38. The van der Waals surface area contributed by atoms with Crippen LogP contribution in [0.2, 0.25) is 0 Å². The third-order valence-electron chi connectivity index (χ3n) is 6.94. The fourth-order valence-electron chi connectivity index (χ4n) is 4.80. The molecule has 1 aromatic heterocycles. The van der Waals surface area contributed by atoms with E-state index in [0.717, 1.165) is 17.8 Å². The van der Waals surface area contributed by atoms with Crippen molar-refractivity contribution in [3.63, 3.8) is 0 Å². The number of carboxylic acids is 1. The van der Waals surface area contributed by atoms with Crippen molar-refractivity contribution in [1.29, 1.82) is 0 Å². The van der Waals surface area contributed by atoms with Crippen LogP contribution in [0.5, 0.6) is 0 Å². The molecule has 0 aliphatic heterocycles. The first-order chi connectivity index (χ1) is 19.6. The van der Waals surface area contributed by atoms with Gasteiger partial charge in [0.2, 0.25) is 5.43 Å². The van der Waals surface area contributed by atoms with Crippen LogP contribution in [0.3, 0.4) is 0 Å². The number of rotatable bonds is 8.